The molecule has 0 spiro atoms. The van der Waals surface area contributed by atoms with Gasteiger partial charge < -0.3 is 9.47 Å². The molecule has 0 unspecified atom stereocenters. The van der Waals surface area contributed by atoms with Crippen molar-refractivity contribution in [2.75, 3.05) is 5.88 Å². The van der Waals surface area contributed by atoms with Gasteiger partial charge in [-0.1, -0.05) is 0 Å². The zero-order valence-corrected chi connectivity index (χ0v) is 8.39. The van der Waals surface area contributed by atoms with Crippen LogP contribution in [0, 0.1) is 0 Å². The van der Waals surface area contributed by atoms with Gasteiger partial charge in [0.2, 0.25) is 0 Å². The standard InChI is InChI=1S/C8H17ClO2/c1-6(2)10-8(5-9)11-7(3)4/h6-8H,5H2,1-4H3. The molecule has 0 aromatic heterocycles. The number of rotatable bonds is 5. The largest absolute Gasteiger partial charge is 0.349 e. The summed E-state index contributed by atoms with van der Waals surface area (Å²) in [6.45, 7) is 7.85. The maximum Gasteiger partial charge on any atom is 0.171 e. The lowest BCUT2D eigenvalue weighted by atomic mass is 10.4. The molecule has 0 saturated heterocycles. The van der Waals surface area contributed by atoms with Crippen molar-refractivity contribution < 1.29 is 9.47 Å². The van der Waals surface area contributed by atoms with Gasteiger partial charge in [-0.3, -0.25) is 0 Å². The van der Waals surface area contributed by atoms with Gasteiger partial charge >= 0.3 is 0 Å². The van der Waals surface area contributed by atoms with Crippen molar-refractivity contribution in [1.82, 2.24) is 0 Å². The second-order valence-corrected chi connectivity index (χ2v) is 3.26. The minimum absolute atomic E-state index is 0.164. The molecule has 0 bridgehead atoms. The van der Waals surface area contributed by atoms with Gasteiger partial charge in [-0.05, 0) is 27.7 Å². The molecule has 0 fully saturated rings. The van der Waals surface area contributed by atoms with Crippen LogP contribution in [0.1, 0.15) is 27.7 Å². The van der Waals surface area contributed by atoms with Crippen molar-refractivity contribution in [3.63, 3.8) is 0 Å². The van der Waals surface area contributed by atoms with Gasteiger partial charge in [0.25, 0.3) is 0 Å². The van der Waals surface area contributed by atoms with Crippen molar-refractivity contribution in [3.8, 4) is 0 Å². The first-order valence-corrected chi connectivity index (χ1v) is 4.46. The Labute approximate surface area is 73.8 Å². The van der Waals surface area contributed by atoms with E-state index in [-0.39, 0.29) is 18.5 Å². The molecule has 0 saturated carbocycles. The third-order valence-corrected chi connectivity index (χ3v) is 1.23. The lowest BCUT2D eigenvalue weighted by Crippen LogP contribution is -2.25. The molecule has 3 heteroatoms. The average molecular weight is 181 g/mol. The van der Waals surface area contributed by atoms with Crippen LogP contribution in [-0.4, -0.2) is 24.4 Å². The molecule has 0 atom stereocenters. The molecule has 0 N–H and O–H groups in total. The lowest BCUT2D eigenvalue weighted by molar-refractivity contribution is -0.167. The van der Waals surface area contributed by atoms with Crippen LogP contribution in [0.3, 0.4) is 0 Å². The lowest BCUT2D eigenvalue weighted by Gasteiger charge is -2.20. The number of hydrogen-bond acceptors (Lipinski definition) is 2. The van der Waals surface area contributed by atoms with E-state index in [2.05, 4.69) is 0 Å². The summed E-state index contributed by atoms with van der Waals surface area (Å²) in [5, 5.41) is 0. The van der Waals surface area contributed by atoms with E-state index in [0.29, 0.717) is 5.88 Å². The van der Waals surface area contributed by atoms with E-state index < -0.39 is 0 Å². The van der Waals surface area contributed by atoms with Gasteiger partial charge in [-0.25, -0.2) is 0 Å². The molecule has 0 aromatic carbocycles. The fourth-order valence-corrected chi connectivity index (χ4v) is 0.857. The van der Waals surface area contributed by atoms with E-state index in [1.807, 2.05) is 27.7 Å². The van der Waals surface area contributed by atoms with Gasteiger partial charge in [0.15, 0.2) is 6.29 Å². The van der Waals surface area contributed by atoms with Crippen LogP contribution in [-0.2, 0) is 9.47 Å². The highest BCUT2D eigenvalue weighted by molar-refractivity contribution is 6.18. The molecule has 0 aliphatic heterocycles. The summed E-state index contributed by atoms with van der Waals surface area (Å²) in [5.41, 5.74) is 0. The summed E-state index contributed by atoms with van der Waals surface area (Å²) in [6.07, 6.45) is 0.0617. The van der Waals surface area contributed by atoms with E-state index in [4.69, 9.17) is 21.1 Å². The van der Waals surface area contributed by atoms with Crippen molar-refractivity contribution in [2.45, 2.75) is 46.2 Å². The van der Waals surface area contributed by atoms with Crippen LogP contribution in [0.2, 0.25) is 0 Å². The molecule has 11 heavy (non-hydrogen) atoms. The average Bonchev–Trinajstić information content (AvgIpc) is 1.84. The second kappa shape index (κ2) is 5.81. The Morgan fingerprint density at radius 1 is 1.00 bits per heavy atom. The first-order valence-electron chi connectivity index (χ1n) is 3.93. The minimum Gasteiger partial charge on any atom is -0.349 e. The van der Waals surface area contributed by atoms with E-state index in [9.17, 15) is 0 Å². The Bertz CT molecular complexity index is 84.1. The van der Waals surface area contributed by atoms with Crippen LogP contribution in [0.5, 0.6) is 0 Å². The molecular formula is C8H17ClO2. The molecule has 2 nitrogen and oxygen atoms in total. The second-order valence-electron chi connectivity index (χ2n) is 2.95. The topological polar surface area (TPSA) is 18.5 Å². The summed E-state index contributed by atoms with van der Waals surface area (Å²) in [4.78, 5) is 0. The van der Waals surface area contributed by atoms with Gasteiger partial charge in [0, 0.05) is 0 Å². The molecule has 0 radical (unpaired) electrons. The normalized spacial score (nSPS) is 12.0. The van der Waals surface area contributed by atoms with E-state index in [1.54, 1.807) is 0 Å². The summed E-state index contributed by atoms with van der Waals surface area (Å²) >= 11 is 5.61. The Kier molecular flexibility index (Phi) is 5.92. The fraction of sp³-hybridized carbons (Fsp3) is 1.00. The summed E-state index contributed by atoms with van der Waals surface area (Å²) in [6, 6.07) is 0. The fourth-order valence-electron chi connectivity index (χ4n) is 0.712. The van der Waals surface area contributed by atoms with Crippen LogP contribution < -0.4 is 0 Å². The Balaban J connectivity index is 3.58. The number of halogens is 1. The predicted molar refractivity (Wildman–Crippen MR) is 47.0 cm³/mol. The highest BCUT2D eigenvalue weighted by atomic mass is 35.5. The molecule has 0 aromatic rings. The van der Waals surface area contributed by atoms with Crippen LogP contribution in [0.4, 0.5) is 0 Å². The van der Waals surface area contributed by atoms with Gasteiger partial charge in [-0.2, -0.15) is 0 Å². The first-order chi connectivity index (χ1) is 5.06. The Hall–Kier alpha value is 0.210. The Morgan fingerprint density at radius 3 is 1.55 bits per heavy atom. The van der Waals surface area contributed by atoms with Gasteiger partial charge in [-0.15, -0.1) is 11.6 Å². The number of ether oxygens (including phenoxy) is 2. The summed E-state index contributed by atoms with van der Waals surface area (Å²) in [7, 11) is 0. The van der Waals surface area contributed by atoms with Gasteiger partial charge in [0.05, 0.1) is 18.1 Å². The quantitative estimate of drug-likeness (QED) is 0.478. The van der Waals surface area contributed by atoms with E-state index in [0.717, 1.165) is 0 Å². The van der Waals surface area contributed by atoms with E-state index >= 15 is 0 Å². The predicted octanol–water partition coefficient (Wildman–Crippen LogP) is 2.40. The first kappa shape index (κ1) is 11.2. The third kappa shape index (κ3) is 6.60. The zero-order valence-electron chi connectivity index (χ0n) is 7.63. The van der Waals surface area contributed by atoms with Crippen LogP contribution in [0.15, 0.2) is 0 Å². The zero-order chi connectivity index (χ0) is 8.85. The number of hydrogen-bond donors (Lipinski definition) is 0. The van der Waals surface area contributed by atoms with Crippen LogP contribution >= 0.6 is 11.6 Å². The summed E-state index contributed by atoms with van der Waals surface area (Å²) < 4.78 is 10.7. The maximum atomic E-state index is 5.61. The molecule has 0 heterocycles. The number of alkyl halides is 1. The minimum atomic E-state index is -0.267. The smallest absolute Gasteiger partial charge is 0.171 e. The molecule has 0 aliphatic rings. The van der Waals surface area contributed by atoms with Crippen molar-refractivity contribution in [2.24, 2.45) is 0 Å². The molecular weight excluding hydrogens is 164 g/mol. The third-order valence-electron chi connectivity index (χ3n) is 0.974. The van der Waals surface area contributed by atoms with Crippen molar-refractivity contribution >= 4 is 11.6 Å². The highest BCUT2D eigenvalue weighted by Gasteiger charge is 2.11. The molecule has 0 aliphatic carbocycles. The van der Waals surface area contributed by atoms with Crippen molar-refractivity contribution in [1.29, 1.82) is 0 Å². The molecule has 68 valence electrons. The van der Waals surface area contributed by atoms with Crippen molar-refractivity contribution in [3.05, 3.63) is 0 Å². The molecule has 0 amide bonds. The van der Waals surface area contributed by atoms with Crippen LogP contribution in [0.25, 0.3) is 0 Å². The highest BCUT2D eigenvalue weighted by Crippen LogP contribution is 2.05. The summed E-state index contributed by atoms with van der Waals surface area (Å²) in [5.74, 6) is 0.385. The maximum absolute atomic E-state index is 5.61. The van der Waals surface area contributed by atoms with Gasteiger partial charge in [0.1, 0.15) is 0 Å². The SMILES string of the molecule is CC(C)OC(CCl)OC(C)C. The Morgan fingerprint density at radius 2 is 1.36 bits per heavy atom. The monoisotopic (exact) mass is 180 g/mol. The molecule has 0 rings (SSSR count). The van der Waals surface area contributed by atoms with E-state index in [1.165, 1.54) is 0 Å².